The van der Waals surface area contributed by atoms with Gasteiger partial charge >= 0.3 is 0 Å². The van der Waals surface area contributed by atoms with Crippen LogP contribution in [0.2, 0.25) is 0 Å². The van der Waals surface area contributed by atoms with Crippen LogP contribution in [0.15, 0.2) is 53.4 Å². The number of ether oxygens (including phenoxy) is 1. The summed E-state index contributed by atoms with van der Waals surface area (Å²) < 4.78 is 25.8. The van der Waals surface area contributed by atoms with Crippen molar-refractivity contribution in [1.29, 1.82) is 0 Å². The molecule has 1 aromatic heterocycles. The van der Waals surface area contributed by atoms with E-state index in [1.54, 1.807) is 43.5 Å². The smallest absolute Gasteiger partial charge is 0.258 e. The van der Waals surface area contributed by atoms with Gasteiger partial charge in [0, 0.05) is 16.1 Å². The number of anilines is 2. The molecule has 2 amide bonds. The van der Waals surface area contributed by atoms with E-state index < -0.39 is 17.0 Å². The fourth-order valence-corrected chi connectivity index (χ4v) is 5.39. The van der Waals surface area contributed by atoms with Gasteiger partial charge in [-0.25, -0.2) is 4.21 Å². The third-order valence-corrected chi connectivity index (χ3v) is 7.14. The predicted octanol–water partition coefficient (Wildman–Crippen LogP) is 4.72. The second kappa shape index (κ2) is 9.64. The van der Waals surface area contributed by atoms with Crippen molar-refractivity contribution in [3.05, 3.63) is 70.1 Å². The molecule has 32 heavy (non-hydrogen) atoms. The molecule has 4 rings (SSSR count). The number of carbonyl (C=O) groups is 2. The zero-order chi connectivity index (χ0) is 22.7. The summed E-state index contributed by atoms with van der Waals surface area (Å²) in [7, 11) is 1.58. The molecule has 0 saturated carbocycles. The Morgan fingerprint density at radius 1 is 1.03 bits per heavy atom. The molecule has 1 heterocycles. The fourth-order valence-electron chi connectivity index (χ4n) is 3.68. The van der Waals surface area contributed by atoms with E-state index in [0.29, 0.717) is 22.0 Å². The molecule has 3 aromatic rings. The number of hydrogen-bond acceptors (Lipinski definition) is 5. The zero-order valence-corrected chi connectivity index (χ0v) is 19.0. The number of benzene rings is 2. The van der Waals surface area contributed by atoms with Gasteiger partial charge in [0.25, 0.3) is 11.8 Å². The highest BCUT2D eigenvalue weighted by Crippen LogP contribution is 2.39. The van der Waals surface area contributed by atoms with E-state index in [-0.39, 0.29) is 16.4 Å². The molecule has 2 aromatic carbocycles. The quantitative estimate of drug-likeness (QED) is 0.452. The molecule has 0 aliphatic heterocycles. The minimum absolute atomic E-state index is 0.139. The molecule has 1 unspecified atom stereocenters. The lowest BCUT2D eigenvalue weighted by molar-refractivity contribution is 0.102. The molecule has 0 spiro atoms. The Morgan fingerprint density at radius 3 is 2.50 bits per heavy atom. The van der Waals surface area contributed by atoms with Crippen LogP contribution in [0.3, 0.4) is 0 Å². The van der Waals surface area contributed by atoms with Crippen LogP contribution in [0.4, 0.5) is 10.7 Å². The molecule has 0 saturated heterocycles. The normalized spacial score (nSPS) is 13.7. The highest BCUT2D eigenvalue weighted by molar-refractivity contribution is 7.79. The maximum absolute atomic E-state index is 13.2. The number of hydrogen-bond donors (Lipinski definition) is 3. The van der Waals surface area contributed by atoms with E-state index in [1.807, 2.05) is 0 Å². The molecule has 0 radical (unpaired) electrons. The molecule has 1 aliphatic carbocycles. The van der Waals surface area contributed by atoms with Crippen LogP contribution >= 0.6 is 11.3 Å². The molecule has 9 heteroatoms. The summed E-state index contributed by atoms with van der Waals surface area (Å²) in [5, 5.41) is 6.25. The number of methoxy groups -OCH3 is 1. The summed E-state index contributed by atoms with van der Waals surface area (Å²) in [5.41, 5.74) is 2.34. The van der Waals surface area contributed by atoms with Crippen molar-refractivity contribution in [3.8, 4) is 5.75 Å². The van der Waals surface area contributed by atoms with Gasteiger partial charge in [0.15, 0.2) is 11.1 Å². The van der Waals surface area contributed by atoms with E-state index in [0.717, 1.165) is 36.1 Å². The van der Waals surface area contributed by atoms with E-state index in [2.05, 4.69) is 10.6 Å². The third kappa shape index (κ3) is 4.74. The second-order valence-corrected chi connectivity index (χ2v) is 9.40. The fraction of sp³-hybridized carbons (Fsp3) is 0.217. The van der Waals surface area contributed by atoms with Gasteiger partial charge < -0.3 is 19.9 Å². The van der Waals surface area contributed by atoms with Gasteiger partial charge in [-0.2, -0.15) is 0 Å². The van der Waals surface area contributed by atoms with Crippen molar-refractivity contribution in [2.75, 3.05) is 17.7 Å². The zero-order valence-electron chi connectivity index (χ0n) is 17.3. The Hall–Kier alpha value is -3.01. The largest absolute Gasteiger partial charge is 0.497 e. The average molecular weight is 471 g/mol. The second-order valence-electron chi connectivity index (χ2n) is 7.33. The van der Waals surface area contributed by atoms with Crippen molar-refractivity contribution >= 4 is 44.9 Å². The van der Waals surface area contributed by atoms with E-state index in [9.17, 15) is 18.4 Å². The van der Waals surface area contributed by atoms with Crippen LogP contribution < -0.4 is 15.4 Å². The number of thiophene rings is 1. The number of nitrogens with one attached hydrogen (secondary N) is 2. The molecular weight excluding hydrogens is 448 g/mol. The topological polar surface area (TPSA) is 105 Å². The molecule has 7 nitrogen and oxygen atoms in total. The van der Waals surface area contributed by atoms with Gasteiger partial charge in [-0.15, -0.1) is 11.3 Å². The summed E-state index contributed by atoms with van der Waals surface area (Å²) in [5.74, 6) is -0.0284. The number of carbonyl (C=O) groups excluding carboxylic acids is 2. The number of fused-ring (bicyclic) bond motifs is 1. The van der Waals surface area contributed by atoms with Crippen molar-refractivity contribution < 1.29 is 23.1 Å². The summed E-state index contributed by atoms with van der Waals surface area (Å²) in [6, 6.07) is 13.0. The Morgan fingerprint density at radius 2 is 1.78 bits per heavy atom. The van der Waals surface area contributed by atoms with Gasteiger partial charge in [-0.3, -0.25) is 9.59 Å². The van der Waals surface area contributed by atoms with Gasteiger partial charge in [-0.1, -0.05) is 6.07 Å². The van der Waals surface area contributed by atoms with E-state index >= 15 is 0 Å². The third-order valence-electron chi connectivity index (χ3n) is 5.27. The van der Waals surface area contributed by atoms with E-state index in [1.165, 1.54) is 23.5 Å². The molecular formula is C23H22N2O5S2. The first-order chi connectivity index (χ1) is 15.5. The summed E-state index contributed by atoms with van der Waals surface area (Å²) in [4.78, 5) is 27.3. The van der Waals surface area contributed by atoms with Crippen molar-refractivity contribution in [1.82, 2.24) is 0 Å². The van der Waals surface area contributed by atoms with Crippen LogP contribution in [-0.4, -0.2) is 27.7 Å². The minimum atomic E-state index is -2.18. The first-order valence-electron chi connectivity index (χ1n) is 10.1. The summed E-state index contributed by atoms with van der Waals surface area (Å²) in [6.07, 6.45) is 3.69. The first-order valence-corrected chi connectivity index (χ1v) is 12.0. The SMILES string of the molecule is COc1ccc(NC(=O)c2c(NC(=O)c3cccc(S(=O)O)c3)sc3c2CCCC3)cc1. The van der Waals surface area contributed by atoms with Gasteiger partial charge in [0.2, 0.25) is 0 Å². The lowest BCUT2D eigenvalue weighted by Gasteiger charge is -2.13. The Balaban J connectivity index is 1.63. The predicted molar refractivity (Wildman–Crippen MR) is 125 cm³/mol. The lowest BCUT2D eigenvalue weighted by Crippen LogP contribution is -2.18. The highest BCUT2D eigenvalue weighted by atomic mass is 32.2. The number of rotatable bonds is 6. The minimum Gasteiger partial charge on any atom is -0.497 e. The van der Waals surface area contributed by atoms with Crippen molar-refractivity contribution in [3.63, 3.8) is 0 Å². The van der Waals surface area contributed by atoms with Crippen LogP contribution in [-0.2, 0) is 23.9 Å². The van der Waals surface area contributed by atoms with Gasteiger partial charge in [-0.05, 0) is 73.7 Å². The van der Waals surface area contributed by atoms with Crippen LogP contribution in [0.5, 0.6) is 5.75 Å². The maximum Gasteiger partial charge on any atom is 0.258 e. The average Bonchev–Trinajstić information content (AvgIpc) is 3.17. The van der Waals surface area contributed by atoms with Crippen LogP contribution in [0.25, 0.3) is 0 Å². The number of aryl methyl sites for hydroxylation is 1. The monoisotopic (exact) mass is 470 g/mol. The molecule has 166 valence electrons. The summed E-state index contributed by atoms with van der Waals surface area (Å²) >= 11 is -0.765. The molecule has 0 fully saturated rings. The van der Waals surface area contributed by atoms with Crippen LogP contribution in [0, 0.1) is 0 Å². The molecule has 0 bridgehead atoms. The Kier molecular flexibility index (Phi) is 6.69. The van der Waals surface area contributed by atoms with E-state index in [4.69, 9.17) is 4.74 Å². The van der Waals surface area contributed by atoms with Crippen molar-refractivity contribution in [2.45, 2.75) is 30.6 Å². The summed E-state index contributed by atoms with van der Waals surface area (Å²) in [6.45, 7) is 0. The lowest BCUT2D eigenvalue weighted by atomic mass is 9.95. The van der Waals surface area contributed by atoms with Crippen LogP contribution in [0.1, 0.15) is 44.0 Å². The van der Waals surface area contributed by atoms with Crippen molar-refractivity contribution in [2.24, 2.45) is 0 Å². The molecule has 1 atom stereocenters. The standard InChI is InChI=1S/C23H22N2O5S2/c1-30-16-11-9-15(10-12-16)24-22(27)20-18-7-2-3-8-19(18)31-23(20)25-21(26)14-5-4-6-17(13-14)32(28)29/h4-6,9-13H,2-3,7-8H2,1H3,(H,24,27)(H,25,26)(H,28,29). The highest BCUT2D eigenvalue weighted by Gasteiger charge is 2.27. The number of amides is 2. The molecule has 1 aliphatic rings. The Bertz CT molecular complexity index is 1190. The maximum atomic E-state index is 13.2. The Labute approximate surface area is 192 Å². The van der Waals surface area contributed by atoms with Gasteiger partial charge in [0.1, 0.15) is 10.8 Å². The van der Waals surface area contributed by atoms with Gasteiger partial charge in [0.05, 0.1) is 17.6 Å². The first kappa shape index (κ1) is 22.2. The molecule has 3 N–H and O–H groups in total.